The summed E-state index contributed by atoms with van der Waals surface area (Å²) in [5.74, 6) is -6.85. The van der Waals surface area contributed by atoms with Gasteiger partial charge >= 0.3 is 5.97 Å². The van der Waals surface area contributed by atoms with Crippen molar-refractivity contribution in [3.05, 3.63) is 59.7 Å². The lowest BCUT2D eigenvalue weighted by Crippen LogP contribution is -2.35. The quantitative estimate of drug-likeness (QED) is 0.469. The van der Waals surface area contributed by atoms with Crippen LogP contribution in [0.5, 0.6) is 5.75 Å². The predicted molar refractivity (Wildman–Crippen MR) is 87.0 cm³/mol. The number of anilines is 1. The van der Waals surface area contributed by atoms with Crippen molar-refractivity contribution in [1.82, 2.24) is 0 Å². The maximum atomic E-state index is 13.6. The molecule has 0 aliphatic heterocycles. The SMILES string of the molecule is C[C@H](OC(=O)[C@@H](C)Oc1ccc(F)cc1)C(=O)Nc1ccc(F)c(F)c1F. The van der Waals surface area contributed by atoms with E-state index in [0.29, 0.717) is 6.07 Å². The summed E-state index contributed by atoms with van der Waals surface area (Å²) in [4.78, 5) is 23.9. The second-order valence-electron chi connectivity index (χ2n) is 5.51. The van der Waals surface area contributed by atoms with Crippen LogP contribution in [0, 0.1) is 23.3 Å². The molecule has 1 N–H and O–H groups in total. The average molecular weight is 385 g/mol. The monoisotopic (exact) mass is 385 g/mol. The van der Waals surface area contributed by atoms with Crippen molar-refractivity contribution in [3.63, 3.8) is 0 Å². The molecule has 0 heterocycles. The minimum absolute atomic E-state index is 0.210. The van der Waals surface area contributed by atoms with Gasteiger partial charge in [-0.1, -0.05) is 0 Å². The van der Waals surface area contributed by atoms with Gasteiger partial charge in [0.05, 0.1) is 5.69 Å². The molecule has 0 aromatic heterocycles. The summed E-state index contributed by atoms with van der Waals surface area (Å²) >= 11 is 0. The number of rotatable bonds is 6. The first-order chi connectivity index (χ1) is 12.7. The lowest BCUT2D eigenvalue weighted by atomic mass is 10.2. The summed E-state index contributed by atoms with van der Waals surface area (Å²) in [6, 6.07) is 6.37. The topological polar surface area (TPSA) is 64.6 Å². The molecule has 27 heavy (non-hydrogen) atoms. The van der Waals surface area contributed by atoms with Crippen LogP contribution in [0.15, 0.2) is 36.4 Å². The Balaban J connectivity index is 1.94. The van der Waals surface area contributed by atoms with Crippen LogP contribution in [0.1, 0.15) is 13.8 Å². The molecule has 144 valence electrons. The van der Waals surface area contributed by atoms with Gasteiger partial charge in [-0.25, -0.2) is 22.4 Å². The molecule has 2 aromatic rings. The normalized spacial score (nSPS) is 12.8. The molecule has 0 unspecified atom stereocenters. The number of carbonyl (C=O) groups is 2. The Kier molecular flexibility index (Phi) is 6.38. The van der Waals surface area contributed by atoms with Gasteiger partial charge in [0.1, 0.15) is 11.6 Å². The Hall–Kier alpha value is -3.10. The summed E-state index contributed by atoms with van der Waals surface area (Å²) in [7, 11) is 0. The summed E-state index contributed by atoms with van der Waals surface area (Å²) in [6.07, 6.45) is -2.49. The van der Waals surface area contributed by atoms with Crippen molar-refractivity contribution in [2.45, 2.75) is 26.1 Å². The van der Waals surface area contributed by atoms with Crippen LogP contribution in [-0.2, 0) is 14.3 Å². The Morgan fingerprint density at radius 2 is 1.52 bits per heavy atom. The first kappa shape index (κ1) is 20.2. The number of halogens is 4. The Bertz CT molecular complexity index is 842. The maximum Gasteiger partial charge on any atom is 0.347 e. The highest BCUT2D eigenvalue weighted by molar-refractivity contribution is 5.95. The lowest BCUT2D eigenvalue weighted by molar-refractivity contribution is -0.159. The molecule has 0 aliphatic carbocycles. The molecule has 2 rings (SSSR count). The minimum atomic E-state index is -1.74. The number of hydrogen-bond acceptors (Lipinski definition) is 4. The van der Waals surface area contributed by atoms with Gasteiger partial charge in [-0.05, 0) is 50.2 Å². The highest BCUT2D eigenvalue weighted by atomic mass is 19.2. The van der Waals surface area contributed by atoms with Crippen LogP contribution in [0.25, 0.3) is 0 Å². The molecule has 0 bridgehead atoms. The van der Waals surface area contributed by atoms with E-state index in [0.717, 1.165) is 18.2 Å². The zero-order valence-electron chi connectivity index (χ0n) is 14.3. The molecule has 1 amide bonds. The van der Waals surface area contributed by atoms with Crippen molar-refractivity contribution >= 4 is 17.6 Å². The highest BCUT2D eigenvalue weighted by Gasteiger charge is 2.24. The third kappa shape index (κ3) is 5.19. The number of hydrogen-bond donors (Lipinski definition) is 1. The molecule has 5 nitrogen and oxygen atoms in total. The maximum absolute atomic E-state index is 13.6. The van der Waals surface area contributed by atoms with Crippen LogP contribution in [0.3, 0.4) is 0 Å². The molecule has 9 heteroatoms. The van der Waals surface area contributed by atoms with E-state index in [4.69, 9.17) is 9.47 Å². The molecule has 0 spiro atoms. The fourth-order valence-electron chi connectivity index (χ4n) is 1.95. The van der Waals surface area contributed by atoms with Crippen LogP contribution in [0.4, 0.5) is 23.2 Å². The number of nitrogens with one attached hydrogen (secondary N) is 1. The third-order valence-electron chi connectivity index (χ3n) is 3.41. The second-order valence-corrected chi connectivity index (χ2v) is 5.51. The van der Waals surface area contributed by atoms with Gasteiger partial charge in [0.2, 0.25) is 0 Å². The Labute approximate surface area is 151 Å². The molecule has 0 fully saturated rings. The number of benzene rings is 2. The van der Waals surface area contributed by atoms with Crippen LogP contribution in [-0.4, -0.2) is 24.1 Å². The zero-order chi connectivity index (χ0) is 20.1. The van der Waals surface area contributed by atoms with Crippen molar-refractivity contribution < 1.29 is 36.6 Å². The second kappa shape index (κ2) is 8.52. The van der Waals surface area contributed by atoms with Gasteiger partial charge in [-0.15, -0.1) is 0 Å². The van der Waals surface area contributed by atoms with Crippen molar-refractivity contribution in [2.75, 3.05) is 5.32 Å². The molecule has 0 aliphatic rings. The van der Waals surface area contributed by atoms with Crippen LogP contribution in [0.2, 0.25) is 0 Å². The summed E-state index contributed by atoms with van der Waals surface area (Å²) < 4.78 is 62.6. The standard InChI is InChI=1S/C18H15F4NO4/c1-9(17(24)23-14-8-7-13(20)15(21)16(14)22)27-18(25)10(2)26-12-5-3-11(19)4-6-12/h3-10H,1-2H3,(H,23,24)/t9-,10+/m0/s1. The van der Waals surface area contributed by atoms with Crippen molar-refractivity contribution in [3.8, 4) is 5.75 Å². The molecule has 2 aromatic carbocycles. The van der Waals surface area contributed by atoms with Crippen molar-refractivity contribution in [2.24, 2.45) is 0 Å². The molecular formula is C18H15F4NO4. The van der Waals surface area contributed by atoms with E-state index in [2.05, 4.69) is 0 Å². The predicted octanol–water partition coefficient (Wildman–Crippen LogP) is 3.58. The lowest BCUT2D eigenvalue weighted by Gasteiger charge is -2.18. The molecular weight excluding hydrogens is 370 g/mol. The first-order valence-corrected chi connectivity index (χ1v) is 7.76. The molecule has 0 saturated heterocycles. The summed E-state index contributed by atoms with van der Waals surface area (Å²) in [6.45, 7) is 2.56. The van der Waals surface area contributed by atoms with E-state index in [1.807, 2.05) is 5.32 Å². The van der Waals surface area contributed by atoms with E-state index in [-0.39, 0.29) is 5.75 Å². The number of esters is 1. The average Bonchev–Trinajstić information content (AvgIpc) is 2.63. The van der Waals surface area contributed by atoms with E-state index in [9.17, 15) is 27.2 Å². The molecule has 0 radical (unpaired) electrons. The molecule has 2 atom stereocenters. The third-order valence-corrected chi connectivity index (χ3v) is 3.41. The number of ether oxygens (including phenoxy) is 2. The highest BCUT2D eigenvalue weighted by Crippen LogP contribution is 2.20. The first-order valence-electron chi connectivity index (χ1n) is 7.76. The fraction of sp³-hybridized carbons (Fsp3) is 0.222. The van der Waals surface area contributed by atoms with E-state index in [1.165, 1.54) is 26.0 Å². The Morgan fingerprint density at radius 1 is 0.889 bits per heavy atom. The zero-order valence-corrected chi connectivity index (χ0v) is 14.3. The van der Waals surface area contributed by atoms with Gasteiger partial charge in [0, 0.05) is 0 Å². The largest absolute Gasteiger partial charge is 0.479 e. The minimum Gasteiger partial charge on any atom is -0.479 e. The van der Waals surface area contributed by atoms with Crippen LogP contribution < -0.4 is 10.1 Å². The van der Waals surface area contributed by atoms with Gasteiger partial charge in [0.15, 0.2) is 29.7 Å². The number of carbonyl (C=O) groups excluding carboxylic acids is 2. The smallest absolute Gasteiger partial charge is 0.347 e. The summed E-state index contributed by atoms with van der Waals surface area (Å²) in [5.41, 5.74) is -0.600. The van der Waals surface area contributed by atoms with Gasteiger partial charge < -0.3 is 14.8 Å². The van der Waals surface area contributed by atoms with Gasteiger partial charge in [-0.2, -0.15) is 0 Å². The van der Waals surface area contributed by atoms with E-state index >= 15 is 0 Å². The van der Waals surface area contributed by atoms with Gasteiger partial charge in [-0.3, -0.25) is 4.79 Å². The van der Waals surface area contributed by atoms with Crippen LogP contribution >= 0.6 is 0 Å². The van der Waals surface area contributed by atoms with Gasteiger partial charge in [0.25, 0.3) is 5.91 Å². The fourth-order valence-corrected chi connectivity index (χ4v) is 1.95. The van der Waals surface area contributed by atoms with Crippen molar-refractivity contribution in [1.29, 1.82) is 0 Å². The number of amides is 1. The van der Waals surface area contributed by atoms with E-state index < -0.39 is 53.0 Å². The molecule has 0 saturated carbocycles. The van der Waals surface area contributed by atoms with E-state index in [1.54, 1.807) is 0 Å². The summed E-state index contributed by atoms with van der Waals surface area (Å²) in [5, 5.41) is 2.00. The Morgan fingerprint density at radius 3 is 2.15 bits per heavy atom.